The van der Waals surface area contributed by atoms with Crippen molar-refractivity contribution in [2.75, 3.05) is 18.4 Å². The van der Waals surface area contributed by atoms with E-state index in [1.54, 1.807) is 6.20 Å². The zero-order valence-electron chi connectivity index (χ0n) is 14.6. The molecule has 27 heavy (non-hydrogen) atoms. The maximum atomic E-state index is 12.9. The summed E-state index contributed by atoms with van der Waals surface area (Å²) in [4.78, 5) is 30.0. The van der Waals surface area contributed by atoms with E-state index in [1.807, 2.05) is 60.7 Å². The molecule has 2 N–H and O–H groups in total. The van der Waals surface area contributed by atoms with Crippen LogP contribution in [-0.2, 0) is 4.79 Å². The van der Waals surface area contributed by atoms with Gasteiger partial charge in [0.15, 0.2) is 0 Å². The van der Waals surface area contributed by atoms with Crippen LogP contribution in [-0.4, -0.2) is 40.1 Å². The first-order valence-electron chi connectivity index (χ1n) is 8.80. The van der Waals surface area contributed by atoms with Gasteiger partial charge in [-0.15, -0.1) is 0 Å². The second kappa shape index (κ2) is 7.07. The molecule has 0 bridgehead atoms. The van der Waals surface area contributed by atoms with Crippen LogP contribution in [0.2, 0.25) is 0 Å². The molecule has 0 saturated carbocycles. The van der Waals surface area contributed by atoms with Crippen molar-refractivity contribution in [3.8, 4) is 0 Å². The number of aromatic nitrogens is 1. The SMILES string of the molecule is O=C(Nc1cc2ccccc2cn1)C1CN(C(=O)O)CC1c1ccccc1. The fraction of sp³-hybridized carbons (Fsp3) is 0.190. The predicted molar refractivity (Wildman–Crippen MR) is 103 cm³/mol. The van der Waals surface area contributed by atoms with E-state index < -0.39 is 12.0 Å². The molecule has 1 aromatic heterocycles. The Morgan fingerprint density at radius 2 is 1.70 bits per heavy atom. The van der Waals surface area contributed by atoms with Crippen LogP contribution in [0.15, 0.2) is 66.9 Å². The summed E-state index contributed by atoms with van der Waals surface area (Å²) in [5.41, 5.74) is 0.966. The number of pyridine rings is 1. The van der Waals surface area contributed by atoms with E-state index in [0.717, 1.165) is 16.3 Å². The number of benzene rings is 2. The number of amides is 2. The lowest BCUT2D eigenvalue weighted by atomic mass is 9.88. The number of carboxylic acid groups (broad SMARTS) is 1. The van der Waals surface area contributed by atoms with Crippen LogP contribution in [0.3, 0.4) is 0 Å². The number of rotatable bonds is 3. The third-order valence-corrected chi connectivity index (χ3v) is 5.04. The van der Waals surface area contributed by atoms with Crippen molar-refractivity contribution in [3.05, 3.63) is 72.4 Å². The predicted octanol–water partition coefficient (Wildman–Crippen LogP) is 3.57. The minimum atomic E-state index is -1.00. The summed E-state index contributed by atoms with van der Waals surface area (Å²) >= 11 is 0. The lowest BCUT2D eigenvalue weighted by Crippen LogP contribution is -2.30. The van der Waals surface area contributed by atoms with Gasteiger partial charge in [-0.3, -0.25) is 4.79 Å². The van der Waals surface area contributed by atoms with E-state index in [1.165, 1.54) is 4.90 Å². The molecule has 0 spiro atoms. The molecular weight excluding hydrogens is 342 g/mol. The van der Waals surface area contributed by atoms with E-state index in [-0.39, 0.29) is 18.4 Å². The Bertz CT molecular complexity index is 990. The van der Waals surface area contributed by atoms with Crippen LogP contribution in [0.1, 0.15) is 11.5 Å². The smallest absolute Gasteiger partial charge is 0.407 e. The van der Waals surface area contributed by atoms with Gasteiger partial charge in [-0.25, -0.2) is 9.78 Å². The molecule has 4 rings (SSSR count). The van der Waals surface area contributed by atoms with Crippen molar-refractivity contribution in [1.29, 1.82) is 0 Å². The lowest BCUT2D eigenvalue weighted by Gasteiger charge is -2.18. The van der Waals surface area contributed by atoms with Crippen molar-refractivity contribution in [2.45, 2.75) is 5.92 Å². The van der Waals surface area contributed by atoms with Gasteiger partial charge in [-0.1, -0.05) is 54.6 Å². The molecule has 0 aliphatic carbocycles. The minimum absolute atomic E-state index is 0.175. The number of hydrogen-bond acceptors (Lipinski definition) is 3. The van der Waals surface area contributed by atoms with Crippen molar-refractivity contribution < 1.29 is 14.7 Å². The van der Waals surface area contributed by atoms with Gasteiger partial charge in [-0.2, -0.15) is 0 Å². The Morgan fingerprint density at radius 1 is 1.00 bits per heavy atom. The van der Waals surface area contributed by atoms with Crippen molar-refractivity contribution in [3.63, 3.8) is 0 Å². The largest absolute Gasteiger partial charge is 0.465 e. The summed E-state index contributed by atoms with van der Waals surface area (Å²) in [6.45, 7) is 0.483. The van der Waals surface area contributed by atoms with Gasteiger partial charge in [0.1, 0.15) is 5.82 Å². The van der Waals surface area contributed by atoms with Gasteiger partial charge in [0.05, 0.1) is 5.92 Å². The topological polar surface area (TPSA) is 82.5 Å². The third kappa shape index (κ3) is 3.46. The normalized spacial score (nSPS) is 19.2. The van der Waals surface area contributed by atoms with Gasteiger partial charge in [-0.05, 0) is 17.0 Å². The molecule has 2 atom stereocenters. The summed E-state index contributed by atoms with van der Waals surface area (Å²) < 4.78 is 0. The molecular formula is C21H19N3O3. The van der Waals surface area contributed by atoms with Crippen LogP contribution >= 0.6 is 0 Å². The molecule has 2 amide bonds. The van der Waals surface area contributed by atoms with Gasteiger partial charge in [0, 0.05) is 30.6 Å². The molecule has 6 heteroatoms. The summed E-state index contributed by atoms with van der Waals surface area (Å²) in [6.07, 6.45) is 0.715. The minimum Gasteiger partial charge on any atom is -0.465 e. The second-order valence-corrected chi connectivity index (χ2v) is 6.72. The van der Waals surface area contributed by atoms with Crippen molar-refractivity contribution >= 4 is 28.6 Å². The lowest BCUT2D eigenvalue weighted by molar-refractivity contribution is -0.119. The Kier molecular flexibility index (Phi) is 4.46. The van der Waals surface area contributed by atoms with Crippen LogP contribution < -0.4 is 5.32 Å². The fourth-order valence-corrected chi connectivity index (χ4v) is 3.63. The van der Waals surface area contributed by atoms with Crippen LogP contribution in [0, 0.1) is 5.92 Å². The number of likely N-dealkylation sites (tertiary alicyclic amines) is 1. The first kappa shape index (κ1) is 17.0. The molecule has 6 nitrogen and oxygen atoms in total. The monoisotopic (exact) mass is 361 g/mol. The summed E-state index contributed by atoms with van der Waals surface area (Å²) in [7, 11) is 0. The van der Waals surface area contributed by atoms with E-state index >= 15 is 0 Å². The summed E-state index contributed by atoms with van der Waals surface area (Å²) in [5.74, 6) is -0.380. The first-order valence-corrected chi connectivity index (χ1v) is 8.80. The highest BCUT2D eigenvalue weighted by Crippen LogP contribution is 2.33. The van der Waals surface area contributed by atoms with E-state index in [0.29, 0.717) is 12.4 Å². The highest BCUT2D eigenvalue weighted by Gasteiger charge is 2.40. The molecule has 136 valence electrons. The van der Waals surface area contributed by atoms with E-state index in [4.69, 9.17) is 0 Å². The van der Waals surface area contributed by atoms with Crippen molar-refractivity contribution in [1.82, 2.24) is 9.88 Å². The zero-order chi connectivity index (χ0) is 18.8. The third-order valence-electron chi connectivity index (χ3n) is 5.04. The second-order valence-electron chi connectivity index (χ2n) is 6.72. The molecule has 1 aliphatic rings. The maximum Gasteiger partial charge on any atom is 0.407 e. The highest BCUT2D eigenvalue weighted by atomic mass is 16.4. The summed E-state index contributed by atoms with van der Waals surface area (Å²) in [5, 5.41) is 14.2. The number of nitrogens with zero attached hydrogens (tertiary/aromatic N) is 2. The number of hydrogen-bond donors (Lipinski definition) is 2. The maximum absolute atomic E-state index is 12.9. The van der Waals surface area contributed by atoms with Gasteiger partial charge in [0.25, 0.3) is 0 Å². The first-order chi connectivity index (χ1) is 13.1. The molecule has 0 radical (unpaired) electrons. The molecule has 2 heterocycles. The molecule has 1 fully saturated rings. The van der Waals surface area contributed by atoms with Gasteiger partial charge < -0.3 is 15.3 Å². The zero-order valence-corrected chi connectivity index (χ0v) is 14.6. The Labute approximate surface area is 156 Å². The Balaban J connectivity index is 1.58. The van der Waals surface area contributed by atoms with Crippen LogP contribution in [0.5, 0.6) is 0 Å². The number of nitrogens with one attached hydrogen (secondary N) is 1. The average molecular weight is 361 g/mol. The Hall–Kier alpha value is -3.41. The number of carbonyl (C=O) groups excluding carboxylic acids is 1. The number of fused-ring (bicyclic) bond motifs is 1. The van der Waals surface area contributed by atoms with Crippen molar-refractivity contribution in [2.24, 2.45) is 5.92 Å². The molecule has 1 saturated heterocycles. The van der Waals surface area contributed by atoms with Gasteiger partial charge in [0.2, 0.25) is 5.91 Å². The molecule has 2 unspecified atom stereocenters. The Morgan fingerprint density at radius 3 is 2.44 bits per heavy atom. The quantitative estimate of drug-likeness (QED) is 0.747. The van der Waals surface area contributed by atoms with E-state index in [9.17, 15) is 14.7 Å². The number of carbonyl (C=O) groups is 2. The summed E-state index contributed by atoms with van der Waals surface area (Å²) in [6, 6.07) is 19.2. The number of anilines is 1. The highest BCUT2D eigenvalue weighted by molar-refractivity contribution is 5.95. The van der Waals surface area contributed by atoms with E-state index in [2.05, 4.69) is 10.3 Å². The standard InChI is InChI=1S/C21H19N3O3/c25-20(23-19-10-15-8-4-5-9-16(15)11-22-19)18-13-24(21(26)27)12-17(18)14-6-2-1-3-7-14/h1-11,17-18H,12-13H2,(H,26,27)(H,22,23,25). The fourth-order valence-electron chi connectivity index (χ4n) is 3.63. The average Bonchev–Trinajstić information content (AvgIpc) is 3.14. The van der Waals surface area contributed by atoms with Crippen LogP contribution in [0.4, 0.5) is 10.6 Å². The molecule has 3 aromatic rings. The van der Waals surface area contributed by atoms with Gasteiger partial charge >= 0.3 is 6.09 Å². The molecule has 1 aliphatic heterocycles. The molecule has 2 aromatic carbocycles. The van der Waals surface area contributed by atoms with Crippen LogP contribution in [0.25, 0.3) is 10.8 Å².